The van der Waals surface area contributed by atoms with Gasteiger partial charge in [-0.15, -0.1) is 0 Å². The summed E-state index contributed by atoms with van der Waals surface area (Å²) in [6, 6.07) is 73.0. The number of benzene rings is 9. The van der Waals surface area contributed by atoms with Crippen molar-refractivity contribution in [1.82, 2.24) is 0 Å². The lowest BCUT2D eigenvalue weighted by molar-refractivity contribution is 0.332. The average molecular weight is 823 g/mol. The fourth-order valence-electron chi connectivity index (χ4n) is 11.2. The van der Waals surface area contributed by atoms with E-state index in [1.807, 2.05) is 0 Å². The molecule has 0 amide bonds. The van der Waals surface area contributed by atoms with Crippen LogP contribution in [0.3, 0.4) is 0 Å². The second kappa shape index (κ2) is 14.5. The van der Waals surface area contributed by atoms with E-state index in [0.717, 1.165) is 12.8 Å². The van der Waals surface area contributed by atoms with E-state index in [9.17, 15) is 0 Å². The molecule has 2 heterocycles. The van der Waals surface area contributed by atoms with Crippen LogP contribution in [0.15, 0.2) is 194 Å². The number of hydrogen-bond donors (Lipinski definition) is 0. The molecule has 2 aliphatic heterocycles. The van der Waals surface area contributed by atoms with Crippen LogP contribution in [0.4, 0.5) is 28.4 Å². The van der Waals surface area contributed by atoms with E-state index in [1.165, 1.54) is 111 Å². The first-order valence-electron chi connectivity index (χ1n) is 23.0. The molecule has 0 fully saturated rings. The lowest BCUT2D eigenvalue weighted by Crippen LogP contribution is -2.62. The van der Waals surface area contributed by atoms with Crippen LogP contribution in [0.25, 0.3) is 55.3 Å². The second-order valence-electron chi connectivity index (χ2n) is 19.7. The normalized spacial score (nSPS) is 15.3. The third-order valence-electron chi connectivity index (χ3n) is 14.8. The zero-order chi connectivity index (χ0) is 43.3. The third-order valence-corrected chi connectivity index (χ3v) is 14.8. The van der Waals surface area contributed by atoms with Crippen molar-refractivity contribution >= 4 is 57.0 Å². The van der Waals surface area contributed by atoms with Gasteiger partial charge in [-0.05, 0) is 156 Å². The van der Waals surface area contributed by atoms with Gasteiger partial charge in [-0.25, -0.2) is 0 Å². The van der Waals surface area contributed by atoms with E-state index in [1.54, 1.807) is 0 Å². The fraction of sp³-hybridized carbons (Fsp3) is 0.148. The minimum atomic E-state index is -0.0962. The van der Waals surface area contributed by atoms with Crippen molar-refractivity contribution in [3.63, 3.8) is 0 Å². The molecule has 0 saturated heterocycles. The van der Waals surface area contributed by atoms with Crippen molar-refractivity contribution in [3.05, 3.63) is 211 Å². The molecule has 0 N–H and O–H groups in total. The van der Waals surface area contributed by atoms with Crippen molar-refractivity contribution < 1.29 is 0 Å². The molecule has 9 aromatic carbocycles. The van der Waals surface area contributed by atoms with Gasteiger partial charge in [0.05, 0.1) is 0 Å². The molecule has 0 bridgehead atoms. The van der Waals surface area contributed by atoms with E-state index in [-0.39, 0.29) is 17.7 Å². The van der Waals surface area contributed by atoms with Gasteiger partial charge in [0.25, 0.3) is 0 Å². The Balaban J connectivity index is 1.22. The van der Waals surface area contributed by atoms with Crippen LogP contribution >= 0.6 is 0 Å². The van der Waals surface area contributed by atoms with Gasteiger partial charge < -0.3 is 9.71 Å². The summed E-state index contributed by atoms with van der Waals surface area (Å²) < 4.78 is 0. The van der Waals surface area contributed by atoms with Gasteiger partial charge in [-0.1, -0.05) is 173 Å². The quantitative estimate of drug-likeness (QED) is 0.160. The van der Waals surface area contributed by atoms with Gasteiger partial charge in [0.1, 0.15) is 0 Å². The van der Waals surface area contributed by atoms with E-state index in [2.05, 4.69) is 238 Å². The van der Waals surface area contributed by atoms with Crippen molar-refractivity contribution in [2.24, 2.45) is 0 Å². The van der Waals surface area contributed by atoms with Crippen LogP contribution in [0.1, 0.15) is 57.2 Å². The highest BCUT2D eigenvalue weighted by Gasteiger charge is 2.48. The Hall–Kier alpha value is -7.10. The fourth-order valence-corrected chi connectivity index (χ4v) is 11.2. The molecule has 0 unspecified atom stereocenters. The Morgan fingerprint density at radius 1 is 0.406 bits per heavy atom. The topological polar surface area (TPSA) is 6.48 Å². The first kappa shape index (κ1) is 38.6. The van der Waals surface area contributed by atoms with Crippen molar-refractivity contribution in [3.8, 4) is 44.5 Å². The lowest BCUT2D eigenvalue weighted by atomic mass is 9.42. The number of hydrogen-bond acceptors (Lipinski definition) is 2. The van der Waals surface area contributed by atoms with Crippen molar-refractivity contribution in [2.45, 2.75) is 58.3 Å². The maximum Gasteiger partial charge on any atom is 0.333 e. The summed E-state index contributed by atoms with van der Waals surface area (Å²) in [6.45, 7) is 12.1. The number of nitrogens with zero attached hydrogens (tertiary/aromatic N) is 2. The number of aryl methyl sites for hydroxylation is 1. The number of anilines is 5. The summed E-state index contributed by atoms with van der Waals surface area (Å²) in [5.41, 5.74) is 22.9. The Kier molecular flexibility index (Phi) is 8.72. The predicted molar refractivity (Wildman–Crippen MR) is 274 cm³/mol. The number of rotatable bonds is 5. The van der Waals surface area contributed by atoms with Crippen LogP contribution in [-0.2, 0) is 10.8 Å². The van der Waals surface area contributed by atoms with Crippen LogP contribution in [0.2, 0.25) is 0 Å². The first-order valence-corrected chi connectivity index (χ1v) is 23.0. The van der Waals surface area contributed by atoms with Gasteiger partial charge >= 0.3 is 6.85 Å². The van der Waals surface area contributed by atoms with Crippen LogP contribution < -0.4 is 20.6 Å². The maximum atomic E-state index is 2.68. The van der Waals surface area contributed by atoms with E-state index >= 15 is 0 Å². The Morgan fingerprint density at radius 2 is 0.922 bits per heavy atom. The zero-order valence-corrected chi connectivity index (χ0v) is 37.4. The lowest BCUT2D eigenvalue weighted by Gasteiger charge is -2.49. The summed E-state index contributed by atoms with van der Waals surface area (Å²) >= 11 is 0. The van der Waals surface area contributed by atoms with Crippen molar-refractivity contribution in [2.75, 3.05) is 9.71 Å². The molecular formula is C61H51BN2. The largest absolute Gasteiger partial charge is 0.376 e. The predicted octanol–water partition coefficient (Wildman–Crippen LogP) is 15.2. The highest BCUT2D eigenvalue weighted by Crippen LogP contribution is 2.53. The molecule has 2 nitrogen and oxygen atoms in total. The Bertz CT molecular complexity index is 3280. The molecule has 64 heavy (non-hydrogen) atoms. The summed E-state index contributed by atoms with van der Waals surface area (Å²) in [6.07, 6.45) is 2.30. The zero-order valence-electron chi connectivity index (χ0n) is 37.4. The molecule has 3 aliphatic rings. The number of fused-ring (bicyclic) bond motifs is 6. The first-order chi connectivity index (χ1) is 31.1. The third kappa shape index (κ3) is 6.09. The molecule has 12 rings (SSSR count). The minimum Gasteiger partial charge on any atom is -0.376 e. The van der Waals surface area contributed by atoms with Gasteiger partial charge in [-0.3, -0.25) is 0 Å². The summed E-state index contributed by atoms with van der Waals surface area (Å²) in [4.78, 5) is 5.33. The van der Waals surface area contributed by atoms with Crippen LogP contribution in [-0.4, -0.2) is 6.85 Å². The Labute approximate surface area is 378 Å². The summed E-state index contributed by atoms with van der Waals surface area (Å²) in [7, 11) is 0. The molecular weight excluding hydrogens is 771 g/mol. The average Bonchev–Trinajstić information content (AvgIpc) is 3.33. The van der Waals surface area contributed by atoms with Crippen LogP contribution in [0, 0.1) is 6.92 Å². The smallest absolute Gasteiger partial charge is 0.333 e. The van der Waals surface area contributed by atoms with E-state index < -0.39 is 0 Å². The molecule has 0 aromatic heterocycles. The molecule has 0 saturated carbocycles. The van der Waals surface area contributed by atoms with E-state index in [4.69, 9.17) is 0 Å². The maximum absolute atomic E-state index is 2.68. The van der Waals surface area contributed by atoms with E-state index in [0.29, 0.717) is 0 Å². The molecule has 0 atom stereocenters. The molecule has 1 aliphatic carbocycles. The summed E-state index contributed by atoms with van der Waals surface area (Å²) in [5, 5.41) is 2.49. The van der Waals surface area contributed by atoms with Gasteiger partial charge in [0.2, 0.25) is 0 Å². The van der Waals surface area contributed by atoms with Gasteiger partial charge in [0.15, 0.2) is 0 Å². The molecule has 3 heteroatoms. The standard InChI is InChI=1S/C61H51BN2/c1-40-25-26-47(42-19-11-7-12-20-42)35-55(40)63-57-39-53-52(60(2,3)31-32-61(53,4)5)38-54(57)62-59-51(34-48(37-58(59)63)43-21-13-8-14-22-43)50-33-45-23-15-16-24-46(45)36-56(50)64(62)49-29-27-44(28-30-49)41-17-9-6-10-18-41/h6-30,33-39H,31-32H2,1-5H3. The van der Waals surface area contributed by atoms with Crippen molar-refractivity contribution in [1.29, 1.82) is 0 Å². The minimum absolute atomic E-state index is 0.0227. The molecule has 308 valence electrons. The molecule has 0 radical (unpaired) electrons. The highest BCUT2D eigenvalue weighted by atomic mass is 15.2. The monoisotopic (exact) mass is 822 g/mol. The van der Waals surface area contributed by atoms with Gasteiger partial charge in [0, 0.05) is 34.0 Å². The summed E-state index contributed by atoms with van der Waals surface area (Å²) in [5.74, 6) is 0. The second-order valence-corrected chi connectivity index (χ2v) is 19.7. The molecule has 0 spiro atoms. The highest BCUT2D eigenvalue weighted by molar-refractivity contribution is 6.93. The molecule has 9 aromatic rings. The SMILES string of the molecule is Cc1ccc(-c2ccccc2)cc1N1c2cc3c(cc2B2c4c(cc(-c5ccccc5)cc41)-c1cc4ccccc4cc1N2c1ccc(-c2ccccc2)cc1)C(C)(C)CCC3(C)C. The van der Waals surface area contributed by atoms with Crippen LogP contribution in [0.5, 0.6) is 0 Å². The van der Waals surface area contributed by atoms with Gasteiger partial charge in [-0.2, -0.15) is 0 Å². The Morgan fingerprint density at radius 3 is 1.56 bits per heavy atom.